The first-order valence-electron chi connectivity index (χ1n) is 7.53. The summed E-state index contributed by atoms with van der Waals surface area (Å²) in [6.07, 6.45) is 1.94. The third-order valence-corrected chi connectivity index (χ3v) is 5.79. The van der Waals surface area contributed by atoms with Crippen molar-refractivity contribution in [1.29, 1.82) is 0 Å². The summed E-state index contributed by atoms with van der Waals surface area (Å²) in [7, 11) is 0. The average molecular weight is 353 g/mol. The van der Waals surface area contributed by atoms with Crippen molar-refractivity contribution in [3.8, 4) is 10.6 Å². The number of hydrogen-bond donors (Lipinski definition) is 0. The lowest BCUT2D eigenvalue weighted by molar-refractivity contribution is 0.886. The Hall–Kier alpha value is -2.25. The van der Waals surface area contributed by atoms with Crippen LogP contribution in [0.25, 0.3) is 16.3 Å². The van der Waals surface area contributed by atoms with Crippen LogP contribution in [0.15, 0.2) is 47.8 Å². The van der Waals surface area contributed by atoms with Gasteiger partial charge in [0, 0.05) is 33.8 Å². The second kappa shape index (κ2) is 6.33. The summed E-state index contributed by atoms with van der Waals surface area (Å²) in [5.74, 6) is 1.47. The first-order chi connectivity index (χ1) is 11.7. The van der Waals surface area contributed by atoms with Gasteiger partial charge in [-0.15, -0.1) is 21.5 Å². The third-order valence-electron chi connectivity index (χ3n) is 3.58. The molecule has 3 aromatic heterocycles. The molecule has 3 heterocycles. The first kappa shape index (κ1) is 15.3. The van der Waals surface area contributed by atoms with E-state index >= 15 is 0 Å². The van der Waals surface area contributed by atoms with Gasteiger partial charge in [-0.25, -0.2) is 9.97 Å². The summed E-state index contributed by atoms with van der Waals surface area (Å²) in [5.41, 5.74) is 3.21. The molecule has 0 atom stereocenters. The summed E-state index contributed by atoms with van der Waals surface area (Å²) in [5, 5.41) is 10.4. The zero-order valence-corrected chi connectivity index (χ0v) is 14.9. The Labute approximate surface area is 147 Å². The summed E-state index contributed by atoms with van der Waals surface area (Å²) >= 11 is 3.37. The Morgan fingerprint density at radius 2 is 1.96 bits per heavy atom. The van der Waals surface area contributed by atoms with Gasteiger partial charge in [0.25, 0.3) is 5.78 Å². The van der Waals surface area contributed by atoms with Crippen molar-refractivity contribution < 1.29 is 0 Å². The molecule has 0 unspecified atom stereocenters. The molecule has 4 rings (SSSR count). The fourth-order valence-corrected chi connectivity index (χ4v) is 4.44. The van der Waals surface area contributed by atoms with Crippen LogP contribution in [0, 0.1) is 13.8 Å². The Morgan fingerprint density at radius 1 is 1.12 bits per heavy atom. The van der Waals surface area contributed by atoms with Crippen LogP contribution >= 0.6 is 23.1 Å². The van der Waals surface area contributed by atoms with Crippen LogP contribution in [0.1, 0.15) is 16.3 Å². The van der Waals surface area contributed by atoms with Gasteiger partial charge in [-0.3, -0.25) is 4.40 Å². The van der Waals surface area contributed by atoms with E-state index in [0.717, 1.165) is 32.9 Å². The van der Waals surface area contributed by atoms with Gasteiger partial charge in [0.1, 0.15) is 5.01 Å². The predicted molar refractivity (Wildman–Crippen MR) is 97.4 cm³/mol. The normalized spacial score (nSPS) is 11.2. The molecule has 0 aliphatic carbocycles. The Bertz CT molecular complexity index is 991. The van der Waals surface area contributed by atoms with Gasteiger partial charge in [-0.05, 0) is 19.9 Å². The van der Waals surface area contributed by atoms with Crippen molar-refractivity contribution in [3.05, 3.63) is 58.9 Å². The molecular formula is C17H15N5S2. The molecule has 7 heteroatoms. The zero-order valence-electron chi connectivity index (χ0n) is 13.3. The fraction of sp³-hybridized carbons (Fsp3) is 0.176. The minimum Gasteiger partial charge on any atom is -0.259 e. The highest BCUT2D eigenvalue weighted by atomic mass is 32.2. The summed E-state index contributed by atoms with van der Waals surface area (Å²) in [6, 6.07) is 12.3. The largest absolute Gasteiger partial charge is 0.259 e. The molecule has 5 nitrogen and oxygen atoms in total. The molecule has 120 valence electrons. The molecule has 0 bridgehead atoms. The summed E-state index contributed by atoms with van der Waals surface area (Å²) in [4.78, 5) is 10.2. The number of aryl methyl sites for hydroxylation is 2. The fourth-order valence-electron chi connectivity index (χ4n) is 2.52. The maximum atomic E-state index is 4.53. The topological polar surface area (TPSA) is 56.0 Å². The van der Waals surface area contributed by atoms with Crippen molar-refractivity contribution in [2.75, 3.05) is 0 Å². The van der Waals surface area contributed by atoms with Crippen LogP contribution in [-0.2, 0) is 5.75 Å². The Kier molecular flexibility index (Phi) is 4.03. The van der Waals surface area contributed by atoms with Gasteiger partial charge in [0.05, 0.1) is 0 Å². The molecule has 0 amide bonds. The molecular weight excluding hydrogens is 338 g/mol. The van der Waals surface area contributed by atoms with E-state index in [1.807, 2.05) is 41.8 Å². The van der Waals surface area contributed by atoms with E-state index in [0.29, 0.717) is 5.78 Å². The number of rotatable bonds is 4. The number of benzene rings is 1. The third kappa shape index (κ3) is 2.92. The van der Waals surface area contributed by atoms with E-state index in [1.165, 1.54) is 4.88 Å². The monoisotopic (exact) mass is 353 g/mol. The van der Waals surface area contributed by atoms with Gasteiger partial charge < -0.3 is 0 Å². The van der Waals surface area contributed by atoms with Gasteiger partial charge in [0.15, 0.2) is 5.16 Å². The predicted octanol–water partition coefficient (Wildman–Crippen LogP) is 4.16. The van der Waals surface area contributed by atoms with Crippen molar-refractivity contribution in [2.45, 2.75) is 24.8 Å². The van der Waals surface area contributed by atoms with Crippen molar-refractivity contribution in [1.82, 2.24) is 24.6 Å². The number of thiazole rings is 1. The lowest BCUT2D eigenvalue weighted by atomic mass is 10.2. The summed E-state index contributed by atoms with van der Waals surface area (Å²) in [6.45, 7) is 4.02. The minimum atomic E-state index is 0.657. The second-order valence-corrected chi connectivity index (χ2v) is 7.50. The number of aromatic nitrogens is 5. The molecule has 0 spiro atoms. The van der Waals surface area contributed by atoms with Crippen LogP contribution in [0.2, 0.25) is 0 Å². The molecule has 4 aromatic rings. The number of fused-ring (bicyclic) bond motifs is 1. The van der Waals surface area contributed by atoms with E-state index in [4.69, 9.17) is 0 Å². The number of hydrogen-bond acceptors (Lipinski definition) is 6. The quantitative estimate of drug-likeness (QED) is 0.516. The Balaban J connectivity index is 1.55. The number of nitrogens with zero attached hydrogens (tertiary/aromatic N) is 5. The van der Waals surface area contributed by atoms with Crippen LogP contribution in [0.5, 0.6) is 0 Å². The van der Waals surface area contributed by atoms with Crippen molar-refractivity contribution in [3.63, 3.8) is 0 Å². The first-order valence-corrected chi connectivity index (χ1v) is 9.33. The van der Waals surface area contributed by atoms with E-state index in [-0.39, 0.29) is 0 Å². The van der Waals surface area contributed by atoms with E-state index < -0.39 is 0 Å². The highest BCUT2D eigenvalue weighted by Crippen LogP contribution is 2.29. The molecule has 0 saturated carbocycles. The van der Waals surface area contributed by atoms with E-state index in [2.05, 4.69) is 39.2 Å². The zero-order chi connectivity index (χ0) is 16.5. The van der Waals surface area contributed by atoms with Gasteiger partial charge >= 0.3 is 0 Å². The standard InChI is InChI=1S/C17H15N5S2/c1-11-8-12(2)22-16(19-11)20-21-17(22)23-10-14-9-18-15(24-14)13-6-4-3-5-7-13/h3-9H,10H2,1-2H3. The molecule has 0 saturated heterocycles. The van der Waals surface area contributed by atoms with E-state index in [9.17, 15) is 0 Å². The van der Waals surface area contributed by atoms with Gasteiger partial charge in [0.2, 0.25) is 0 Å². The molecule has 0 aliphatic rings. The molecule has 0 N–H and O–H groups in total. The highest BCUT2D eigenvalue weighted by molar-refractivity contribution is 7.98. The molecule has 1 aromatic carbocycles. The van der Waals surface area contributed by atoms with Gasteiger partial charge in [-0.1, -0.05) is 42.1 Å². The lowest BCUT2D eigenvalue weighted by Crippen LogP contribution is -1.97. The van der Waals surface area contributed by atoms with Gasteiger partial charge in [-0.2, -0.15) is 0 Å². The maximum absolute atomic E-state index is 4.53. The van der Waals surface area contributed by atoms with E-state index in [1.54, 1.807) is 23.1 Å². The maximum Gasteiger partial charge on any atom is 0.256 e. The number of thioether (sulfide) groups is 1. The van der Waals surface area contributed by atoms with Crippen molar-refractivity contribution >= 4 is 28.9 Å². The molecule has 0 fully saturated rings. The average Bonchev–Trinajstić information content (AvgIpc) is 3.20. The highest BCUT2D eigenvalue weighted by Gasteiger charge is 2.11. The van der Waals surface area contributed by atoms with Crippen LogP contribution in [0.4, 0.5) is 0 Å². The minimum absolute atomic E-state index is 0.657. The summed E-state index contributed by atoms with van der Waals surface area (Å²) < 4.78 is 2.00. The van der Waals surface area contributed by atoms with Crippen LogP contribution in [0.3, 0.4) is 0 Å². The van der Waals surface area contributed by atoms with Crippen LogP contribution in [-0.4, -0.2) is 24.6 Å². The smallest absolute Gasteiger partial charge is 0.256 e. The lowest BCUT2D eigenvalue weighted by Gasteiger charge is -2.03. The van der Waals surface area contributed by atoms with Crippen LogP contribution < -0.4 is 0 Å². The van der Waals surface area contributed by atoms with Crippen molar-refractivity contribution in [2.24, 2.45) is 0 Å². The molecule has 24 heavy (non-hydrogen) atoms. The SMILES string of the molecule is Cc1cc(C)n2c(SCc3cnc(-c4ccccc4)s3)nnc2n1. The molecule has 0 radical (unpaired) electrons. The Morgan fingerprint density at radius 3 is 2.79 bits per heavy atom. The molecule has 0 aliphatic heterocycles. The second-order valence-electron chi connectivity index (χ2n) is 5.44.